The number of pyridine rings is 1. The van der Waals surface area contributed by atoms with Gasteiger partial charge >= 0.3 is 0 Å². The van der Waals surface area contributed by atoms with Crippen molar-refractivity contribution in [3.05, 3.63) is 54.1 Å². The number of amides is 1. The molecule has 0 bridgehead atoms. The van der Waals surface area contributed by atoms with Gasteiger partial charge in [-0.25, -0.2) is 4.39 Å². The Hall–Kier alpha value is -2.12. The third kappa shape index (κ3) is 5.44. The van der Waals surface area contributed by atoms with Crippen molar-refractivity contribution < 1.29 is 13.9 Å². The van der Waals surface area contributed by atoms with Crippen LogP contribution < -0.4 is 15.4 Å². The maximum absolute atomic E-state index is 14.2. The van der Waals surface area contributed by atoms with Crippen molar-refractivity contribution in [1.82, 2.24) is 15.6 Å². The van der Waals surface area contributed by atoms with Crippen molar-refractivity contribution in [2.45, 2.75) is 19.0 Å². The van der Waals surface area contributed by atoms with Gasteiger partial charge in [0.15, 0.2) is 11.6 Å². The lowest BCUT2D eigenvalue weighted by Gasteiger charge is -2.22. The molecule has 132 valence electrons. The van der Waals surface area contributed by atoms with E-state index < -0.39 is 5.82 Å². The van der Waals surface area contributed by atoms with Crippen molar-refractivity contribution >= 4 is 17.7 Å². The van der Waals surface area contributed by atoms with Crippen LogP contribution in [0.2, 0.25) is 0 Å². The van der Waals surface area contributed by atoms with Gasteiger partial charge in [-0.05, 0) is 29.8 Å². The topological polar surface area (TPSA) is 63.2 Å². The Balaban J connectivity index is 1.51. The molecule has 0 aliphatic carbocycles. The van der Waals surface area contributed by atoms with Gasteiger partial charge in [0.05, 0.1) is 6.20 Å². The van der Waals surface area contributed by atoms with E-state index in [1.54, 1.807) is 30.5 Å². The van der Waals surface area contributed by atoms with E-state index in [2.05, 4.69) is 15.6 Å². The SMILES string of the molecule is O=C(CC1CSCCN1)NCc1ccc(Oc2cccnc2)c(F)c1. The van der Waals surface area contributed by atoms with Gasteiger partial charge in [-0.1, -0.05) is 6.07 Å². The second-order valence-electron chi connectivity index (χ2n) is 5.76. The van der Waals surface area contributed by atoms with Crippen LogP contribution >= 0.6 is 11.8 Å². The number of carbonyl (C=O) groups excluding carboxylic acids is 1. The molecule has 1 aromatic heterocycles. The third-order valence-electron chi connectivity index (χ3n) is 3.78. The number of aromatic nitrogens is 1. The highest BCUT2D eigenvalue weighted by Gasteiger charge is 2.16. The fourth-order valence-electron chi connectivity index (χ4n) is 2.52. The summed E-state index contributed by atoms with van der Waals surface area (Å²) in [6.07, 6.45) is 3.58. The Morgan fingerprint density at radius 3 is 3.08 bits per heavy atom. The van der Waals surface area contributed by atoms with Crippen molar-refractivity contribution in [1.29, 1.82) is 0 Å². The Kier molecular flexibility index (Phi) is 6.25. The summed E-state index contributed by atoms with van der Waals surface area (Å²) in [6.45, 7) is 1.23. The molecule has 1 fully saturated rings. The number of hydrogen-bond donors (Lipinski definition) is 2. The number of nitrogens with zero attached hydrogens (tertiary/aromatic N) is 1. The lowest BCUT2D eigenvalue weighted by Crippen LogP contribution is -2.41. The van der Waals surface area contributed by atoms with Crippen LogP contribution in [0.1, 0.15) is 12.0 Å². The molecular formula is C18H20FN3O2S. The number of rotatable bonds is 6. The van der Waals surface area contributed by atoms with Crippen LogP contribution in [-0.2, 0) is 11.3 Å². The third-order valence-corrected chi connectivity index (χ3v) is 4.91. The van der Waals surface area contributed by atoms with E-state index in [0.717, 1.165) is 18.1 Å². The summed E-state index contributed by atoms with van der Waals surface area (Å²) >= 11 is 1.85. The zero-order valence-electron chi connectivity index (χ0n) is 13.7. The molecule has 7 heteroatoms. The van der Waals surface area contributed by atoms with Gasteiger partial charge in [0.25, 0.3) is 0 Å². The number of halogens is 1. The minimum Gasteiger partial charge on any atom is -0.453 e. The van der Waals surface area contributed by atoms with Crippen LogP contribution in [0, 0.1) is 5.82 Å². The molecule has 1 unspecified atom stereocenters. The summed E-state index contributed by atoms with van der Waals surface area (Å²) in [5.74, 6) is 2.14. The zero-order chi connectivity index (χ0) is 17.5. The monoisotopic (exact) mass is 361 g/mol. The van der Waals surface area contributed by atoms with E-state index in [4.69, 9.17) is 4.74 Å². The molecule has 2 heterocycles. The molecule has 0 saturated carbocycles. The van der Waals surface area contributed by atoms with Crippen LogP contribution in [0.25, 0.3) is 0 Å². The fourth-order valence-corrected chi connectivity index (χ4v) is 3.47. The van der Waals surface area contributed by atoms with Crippen LogP contribution in [-0.4, -0.2) is 35.0 Å². The van der Waals surface area contributed by atoms with Gasteiger partial charge in [-0.3, -0.25) is 9.78 Å². The molecule has 2 N–H and O–H groups in total. The number of carbonyl (C=O) groups is 1. The maximum Gasteiger partial charge on any atom is 0.221 e. The molecule has 25 heavy (non-hydrogen) atoms. The average Bonchev–Trinajstić information content (AvgIpc) is 2.64. The van der Waals surface area contributed by atoms with Crippen LogP contribution in [0.15, 0.2) is 42.7 Å². The molecule has 1 aromatic carbocycles. The smallest absolute Gasteiger partial charge is 0.221 e. The van der Waals surface area contributed by atoms with Crippen molar-refractivity contribution in [3.63, 3.8) is 0 Å². The van der Waals surface area contributed by atoms with Crippen molar-refractivity contribution in [2.75, 3.05) is 18.1 Å². The van der Waals surface area contributed by atoms with Gasteiger partial charge in [-0.2, -0.15) is 11.8 Å². The Labute approximate surface area is 150 Å². The predicted octanol–water partition coefficient (Wildman–Crippen LogP) is 2.72. The van der Waals surface area contributed by atoms with Gasteiger partial charge in [0.2, 0.25) is 5.91 Å². The van der Waals surface area contributed by atoms with E-state index in [0.29, 0.717) is 24.3 Å². The first-order valence-corrected chi connectivity index (χ1v) is 9.30. The standard InChI is InChI=1S/C18H20FN3O2S/c19-16-8-13(3-4-17(16)24-15-2-1-5-20-11-15)10-22-18(23)9-14-12-25-7-6-21-14/h1-5,8,11,14,21H,6-7,9-10,12H2,(H,22,23). The van der Waals surface area contributed by atoms with Gasteiger partial charge in [-0.15, -0.1) is 0 Å². The molecule has 1 aliphatic rings. The fraction of sp³-hybridized carbons (Fsp3) is 0.333. The molecule has 1 aliphatic heterocycles. The second-order valence-corrected chi connectivity index (χ2v) is 6.91. The maximum atomic E-state index is 14.2. The van der Waals surface area contributed by atoms with E-state index in [-0.39, 0.29) is 17.7 Å². The molecule has 1 atom stereocenters. The highest BCUT2D eigenvalue weighted by Crippen LogP contribution is 2.24. The quantitative estimate of drug-likeness (QED) is 0.828. The summed E-state index contributed by atoms with van der Waals surface area (Å²) in [6, 6.07) is 8.31. The van der Waals surface area contributed by atoms with Crippen LogP contribution in [0.5, 0.6) is 11.5 Å². The molecular weight excluding hydrogens is 341 g/mol. The number of thioether (sulfide) groups is 1. The van der Waals surface area contributed by atoms with E-state index in [9.17, 15) is 9.18 Å². The summed E-state index contributed by atoms with van der Waals surface area (Å²) < 4.78 is 19.6. The molecule has 0 spiro atoms. The zero-order valence-corrected chi connectivity index (χ0v) is 14.5. The molecule has 0 radical (unpaired) electrons. The molecule has 2 aromatic rings. The summed E-state index contributed by atoms with van der Waals surface area (Å²) in [5, 5.41) is 6.16. The number of ether oxygens (including phenoxy) is 1. The Bertz CT molecular complexity index is 709. The number of benzene rings is 1. The number of hydrogen-bond acceptors (Lipinski definition) is 5. The van der Waals surface area contributed by atoms with E-state index >= 15 is 0 Å². The summed E-state index contributed by atoms with van der Waals surface area (Å²) in [5.41, 5.74) is 0.690. The minimum absolute atomic E-state index is 0.0314. The summed E-state index contributed by atoms with van der Waals surface area (Å²) in [7, 11) is 0. The molecule has 1 amide bonds. The molecule has 3 rings (SSSR count). The normalized spacial score (nSPS) is 17.1. The van der Waals surface area contributed by atoms with Crippen molar-refractivity contribution in [2.24, 2.45) is 0 Å². The lowest BCUT2D eigenvalue weighted by molar-refractivity contribution is -0.121. The average molecular weight is 361 g/mol. The highest BCUT2D eigenvalue weighted by atomic mass is 32.2. The van der Waals surface area contributed by atoms with Gasteiger partial charge in [0.1, 0.15) is 5.75 Å². The first kappa shape index (κ1) is 17.7. The Morgan fingerprint density at radius 2 is 2.36 bits per heavy atom. The first-order valence-electron chi connectivity index (χ1n) is 8.15. The largest absolute Gasteiger partial charge is 0.453 e. The predicted molar refractivity (Wildman–Crippen MR) is 96.3 cm³/mol. The minimum atomic E-state index is -0.471. The lowest BCUT2D eigenvalue weighted by atomic mass is 10.2. The first-order chi connectivity index (χ1) is 12.2. The van der Waals surface area contributed by atoms with Crippen molar-refractivity contribution in [3.8, 4) is 11.5 Å². The van der Waals surface area contributed by atoms with Gasteiger partial charge < -0.3 is 15.4 Å². The summed E-state index contributed by atoms with van der Waals surface area (Å²) in [4.78, 5) is 15.9. The second kappa shape index (κ2) is 8.82. The molecule has 5 nitrogen and oxygen atoms in total. The highest BCUT2D eigenvalue weighted by molar-refractivity contribution is 7.99. The van der Waals surface area contributed by atoms with Crippen LogP contribution in [0.4, 0.5) is 4.39 Å². The Morgan fingerprint density at radius 1 is 1.44 bits per heavy atom. The van der Waals surface area contributed by atoms with E-state index in [1.165, 1.54) is 12.3 Å². The van der Waals surface area contributed by atoms with Crippen LogP contribution in [0.3, 0.4) is 0 Å². The van der Waals surface area contributed by atoms with Gasteiger partial charge in [0, 0.05) is 43.3 Å². The number of nitrogens with one attached hydrogen (secondary N) is 2. The molecule has 1 saturated heterocycles. The van der Waals surface area contributed by atoms with E-state index in [1.807, 2.05) is 11.8 Å².